The highest BCUT2D eigenvalue weighted by atomic mass is 35.5. The summed E-state index contributed by atoms with van der Waals surface area (Å²) in [5, 5.41) is 0. The standard InChI is InChI=1S/C10H24N2O2S.ClH/c1-3-6-10(2)9-15(13,14)12-8-5-4-7-11;/h10,12H,3-9,11H2,1-2H3;1H. The van der Waals surface area contributed by atoms with Gasteiger partial charge in [-0.1, -0.05) is 20.3 Å². The molecular weight excluding hydrogens is 248 g/mol. The minimum absolute atomic E-state index is 0. The molecule has 0 aromatic rings. The molecule has 0 aliphatic carbocycles. The molecule has 0 spiro atoms. The molecule has 4 nitrogen and oxygen atoms in total. The highest BCUT2D eigenvalue weighted by Gasteiger charge is 2.13. The molecule has 6 heteroatoms. The van der Waals surface area contributed by atoms with Gasteiger partial charge in [0, 0.05) is 6.54 Å². The molecule has 16 heavy (non-hydrogen) atoms. The minimum atomic E-state index is -3.07. The summed E-state index contributed by atoms with van der Waals surface area (Å²) in [6.07, 6.45) is 3.68. The van der Waals surface area contributed by atoms with Crippen LogP contribution in [-0.2, 0) is 10.0 Å². The average Bonchev–Trinajstić information content (AvgIpc) is 2.12. The van der Waals surface area contributed by atoms with E-state index < -0.39 is 10.0 Å². The summed E-state index contributed by atoms with van der Waals surface area (Å²) >= 11 is 0. The average molecular weight is 273 g/mol. The Hall–Kier alpha value is 0.160. The van der Waals surface area contributed by atoms with Crippen molar-refractivity contribution in [2.75, 3.05) is 18.8 Å². The molecule has 0 aliphatic heterocycles. The van der Waals surface area contributed by atoms with Crippen molar-refractivity contribution in [1.82, 2.24) is 4.72 Å². The number of rotatable bonds is 9. The number of unbranched alkanes of at least 4 members (excludes halogenated alkanes) is 1. The van der Waals surface area contributed by atoms with Crippen LogP contribution in [0.4, 0.5) is 0 Å². The number of hydrogen-bond acceptors (Lipinski definition) is 3. The molecule has 1 atom stereocenters. The van der Waals surface area contributed by atoms with Crippen molar-refractivity contribution in [1.29, 1.82) is 0 Å². The van der Waals surface area contributed by atoms with E-state index in [-0.39, 0.29) is 24.1 Å². The number of nitrogens with one attached hydrogen (secondary N) is 1. The number of hydrogen-bond donors (Lipinski definition) is 2. The van der Waals surface area contributed by atoms with Crippen molar-refractivity contribution in [3.63, 3.8) is 0 Å². The molecule has 0 radical (unpaired) electrons. The van der Waals surface area contributed by atoms with Gasteiger partial charge >= 0.3 is 0 Å². The molecule has 0 rings (SSSR count). The number of halogens is 1. The van der Waals surface area contributed by atoms with E-state index in [0.717, 1.165) is 25.7 Å². The quantitative estimate of drug-likeness (QED) is 0.625. The predicted molar refractivity (Wildman–Crippen MR) is 71.4 cm³/mol. The molecular formula is C10H25ClN2O2S. The third-order valence-corrected chi connectivity index (χ3v) is 3.89. The zero-order chi connectivity index (χ0) is 11.7. The molecule has 0 fully saturated rings. The van der Waals surface area contributed by atoms with Gasteiger partial charge in [-0.2, -0.15) is 0 Å². The monoisotopic (exact) mass is 272 g/mol. The van der Waals surface area contributed by atoms with Crippen LogP contribution in [0, 0.1) is 5.92 Å². The Bertz CT molecular complexity index is 245. The lowest BCUT2D eigenvalue weighted by atomic mass is 10.1. The molecule has 3 N–H and O–H groups in total. The van der Waals surface area contributed by atoms with Gasteiger partial charge in [-0.25, -0.2) is 13.1 Å². The molecule has 1 unspecified atom stereocenters. The van der Waals surface area contributed by atoms with E-state index in [9.17, 15) is 8.42 Å². The van der Waals surface area contributed by atoms with Crippen molar-refractivity contribution >= 4 is 22.4 Å². The van der Waals surface area contributed by atoms with Gasteiger partial charge < -0.3 is 5.73 Å². The first-order valence-corrected chi connectivity index (χ1v) is 7.34. The summed E-state index contributed by atoms with van der Waals surface area (Å²) in [6.45, 7) is 5.17. The Kier molecular flexibility index (Phi) is 12.0. The Morgan fingerprint density at radius 3 is 2.44 bits per heavy atom. The van der Waals surface area contributed by atoms with Crippen LogP contribution < -0.4 is 10.5 Å². The summed E-state index contributed by atoms with van der Waals surface area (Å²) in [5.74, 6) is 0.478. The normalized spacial score (nSPS) is 13.2. The molecule has 0 bridgehead atoms. The predicted octanol–water partition coefficient (Wildman–Crippen LogP) is 1.50. The Balaban J connectivity index is 0. The first-order valence-electron chi connectivity index (χ1n) is 5.69. The fourth-order valence-electron chi connectivity index (χ4n) is 1.51. The van der Waals surface area contributed by atoms with Crippen LogP contribution in [0.5, 0.6) is 0 Å². The van der Waals surface area contributed by atoms with E-state index in [0.29, 0.717) is 13.1 Å². The van der Waals surface area contributed by atoms with E-state index in [1.165, 1.54) is 0 Å². The van der Waals surface area contributed by atoms with Crippen molar-refractivity contribution in [2.24, 2.45) is 11.7 Å². The van der Waals surface area contributed by atoms with Gasteiger partial charge in [0.25, 0.3) is 0 Å². The molecule has 0 saturated carbocycles. The van der Waals surface area contributed by atoms with Crippen LogP contribution in [-0.4, -0.2) is 27.3 Å². The zero-order valence-electron chi connectivity index (χ0n) is 10.2. The third kappa shape index (κ3) is 10.7. The Labute approximate surface area is 106 Å². The zero-order valence-corrected chi connectivity index (χ0v) is 11.9. The molecule has 100 valence electrons. The van der Waals surface area contributed by atoms with Crippen LogP contribution in [0.15, 0.2) is 0 Å². The van der Waals surface area contributed by atoms with Crippen molar-refractivity contribution in [2.45, 2.75) is 39.5 Å². The van der Waals surface area contributed by atoms with Gasteiger partial charge in [-0.15, -0.1) is 12.4 Å². The fourth-order valence-corrected chi connectivity index (χ4v) is 3.00. The van der Waals surface area contributed by atoms with E-state index >= 15 is 0 Å². The number of nitrogens with two attached hydrogens (primary N) is 1. The Morgan fingerprint density at radius 1 is 1.31 bits per heavy atom. The molecule has 0 aliphatic rings. The summed E-state index contributed by atoms with van der Waals surface area (Å²) in [4.78, 5) is 0. The summed E-state index contributed by atoms with van der Waals surface area (Å²) in [5.41, 5.74) is 5.32. The second kappa shape index (κ2) is 10.3. The second-order valence-electron chi connectivity index (χ2n) is 4.07. The van der Waals surface area contributed by atoms with Gasteiger partial charge in [0.05, 0.1) is 5.75 Å². The summed E-state index contributed by atoms with van der Waals surface area (Å²) in [6, 6.07) is 0. The molecule has 0 aromatic heterocycles. The maximum Gasteiger partial charge on any atom is 0.211 e. The first-order chi connectivity index (χ1) is 7.02. The largest absolute Gasteiger partial charge is 0.330 e. The van der Waals surface area contributed by atoms with Crippen molar-refractivity contribution in [3.8, 4) is 0 Å². The van der Waals surface area contributed by atoms with Crippen LogP contribution in [0.3, 0.4) is 0 Å². The summed E-state index contributed by atoms with van der Waals surface area (Å²) < 4.78 is 25.7. The van der Waals surface area contributed by atoms with Gasteiger partial charge in [-0.3, -0.25) is 0 Å². The number of sulfonamides is 1. The van der Waals surface area contributed by atoms with Crippen molar-refractivity contribution < 1.29 is 8.42 Å². The lowest BCUT2D eigenvalue weighted by molar-refractivity contribution is 0.534. The highest BCUT2D eigenvalue weighted by molar-refractivity contribution is 7.89. The van der Waals surface area contributed by atoms with Gasteiger partial charge in [0.15, 0.2) is 0 Å². The SMILES string of the molecule is CCCC(C)CS(=O)(=O)NCCCCN.Cl. The summed E-state index contributed by atoms with van der Waals surface area (Å²) in [7, 11) is -3.07. The van der Waals surface area contributed by atoms with E-state index in [1.54, 1.807) is 0 Å². The van der Waals surface area contributed by atoms with E-state index in [4.69, 9.17) is 5.73 Å². The van der Waals surface area contributed by atoms with Crippen LogP contribution in [0.25, 0.3) is 0 Å². The van der Waals surface area contributed by atoms with E-state index in [2.05, 4.69) is 11.6 Å². The van der Waals surface area contributed by atoms with E-state index in [1.807, 2.05) is 6.92 Å². The minimum Gasteiger partial charge on any atom is -0.330 e. The van der Waals surface area contributed by atoms with Gasteiger partial charge in [0.2, 0.25) is 10.0 Å². The fraction of sp³-hybridized carbons (Fsp3) is 1.00. The maximum atomic E-state index is 11.5. The Morgan fingerprint density at radius 2 is 1.94 bits per heavy atom. The lowest BCUT2D eigenvalue weighted by Crippen LogP contribution is -2.30. The highest BCUT2D eigenvalue weighted by Crippen LogP contribution is 2.07. The maximum absolute atomic E-state index is 11.5. The van der Waals surface area contributed by atoms with Crippen LogP contribution in [0.1, 0.15) is 39.5 Å². The smallest absolute Gasteiger partial charge is 0.211 e. The van der Waals surface area contributed by atoms with Crippen LogP contribution >= 0.6 is 12.4 Å². The topological polar surface area (TPSA) is 72.2 Å². The van der Waals surface area contributed by atoms with Crippen molar-refractivity contribution in [3.05, 3.63) is 0 Å². The van der Waals surface area contributed by atoms with Gasteiger partial charge in [0.1, 0.15) is 0 Å². The second-order valence-corrected chi connectivity index (χ2v) is 5.92. The molecule has 0 heterocycles. The van der Waals surface area contributed by atoms with Crippen LogP contribution in [0.2, 0.25) is 0 Å². The molecule has 0 aromatic carbocycles. The lowest BCUT2D eigenvalue weighted by Gasteiger charge is -2.11. The third-order valence-electron chi connectivity index (χ3n) is 2.24. The first kappa shape index (κ1) is 18.5. The molecule has 0 amide bonds. The van der Waals surface area contributed by atoms with Gasteiger partial charge in [-0.05, 0) is 31.7 Å². The molecule has 0 saturated heterocycles.